The van der Waals surface area contributed by atoms with Crippen LogP contribution >= 0.6 is 11.6 Å². The molecule has 12 heteroatoms. The number of ether oxygens (including phenoxy) is 1. The Morgan fingerprint density at radius 1 is 1.02 bits per heavy atom. The molecule has 0 spiro atoms. The van der Waals surface area contributed by atoms with Crippen LogP contribution in [0.2, 0.25) is 5.02 Å². The summed E-state index contributed by atoms with van der Waals surface area (Å²) in [4.78, 5) is 16.7. The monoisotopic (exact) mass is 593 g/mol. The van der Waals surface area contributed by atoms with E-state index in [-0.39, 0.29) is 16.8 Å². The third-order valence-electron chi connectivity index (χ3n) is 6.20. The van der Waals surface area contributed by atoms with Gasteiger partial charge in [0, 0.05) is 18.5 Å². The molecule has 1 aromatic heterocycles. The van der Waals surface area contributed by atoms with Crippen LogP contribution in [0.3, 0.4) is 0 Å². The van der Waals surface area contributed by atoms with Crippen molar-refractivity contribution in [2.75, 3.05) is 0 Å². The van der Waals surface area contributed by atoms with Crippen LogP contribution in [-0.2, 0) is 33.8 Å². The van der Waals surface area contributed by atoms with E-state index >= 15 is 0 Å². The molecule has 0 fully saturated rings. The number of aromatic nitrogens is 2. The first-order chi connectivity index (χ1) is 18.6. The number of imidazole rings is 1. The van der Waals surface area contributed by atoms with E-state index in [1.54, 1.807) is 54.8 Å². The second-order valence-electron chi connectivity index (χ2n) is 9.92. The van der Waals surface area contributed by atoms with Gasteiger partial charge in [0.1, 0.15) is 16.9 Å². The van der Waals surface area contributed by atoms with Crippen molar-refractivity contribution in [2.45, 2.75) is 57.2 Å². The van der Waals surface area contributed by atoms with Gasteiger partial charge in [-0.05, 0) is 62.7 Å². The number of nitrogens with one attached hydrogen (secondary N) is 1. The number of nitrogens with zero attached hydrogens (tertiary/aromatic N) is 2. The maximum absolute atomic E-state index is 13.3. The number of carbonyl (C=O) groups is 1. The molecule has 1 heterocycles. The lowest BCUT2D eigenvalue weighted by molar-refractivity contribution is -0.137. The molecular formula is C28H27ClF3N3O4S. The van der Waals surface area contributed by atoms with Crippen LogP contribution < -0.4 is 4.72 Å². The van der Waals surface area contributed by atoms with Crippen molar-refractivity contribution in [2.24, 2.45) is 0 Å². The van der Waals surface area contributed by atoms with Gasteiger partial charge in [0.15, 0.2) is 0 Å². The Morgan fingerprint density at radius 2 is 1.65 bits per heavy atom. The molecule has 0 atom stereocenters. The van der Waals surface area contributed by atoms with Gasteiger partial charge in [-0.2, -0.15) is 13.2 Å². The molecule has 0 saturated carbocycles. The molecule has 0 saturated heterocycles. The Bertz CT molecular complexity index is 1660. The summed E-state index contributed by atoms with van der Waals surface area (Å²) in [5, 5.41) is -0.448. The molecule has 0 bridgehead atoms. The highest BCUT2D eigenvalue weighted by Gasteiger charge is 2.35. The molecule has 0 aliphatic carbocycles. The fourth-order valence-electron chi connectivity index (χ4n) is 4.35. The number of carbonyl (C=O) groups excluding carboxylic acids is 1. The van der Waals surface area contributed by atoms with E-state index in [1.165, 1.54) is 18.2 Å². The standard InChI is InChI=1S/C28H27ClF3N3O4S/c1-5-23-33-25-22(15-14-21(24(25)29)28(30,31)32)35(23)19-10-8-18(9-11-19)16-27(3,4)39-26(36)34-40(37,38)20-12-6-17(2)7-13-20/h6-15H,5,16H2,1-4H3,(H,34,36). The molecule has 1 N–H and O–H groups in total. The number of hydrogen-bond donors (Lipinski definition) is 1. The highest BCUT2D eigenvalue weighted by atomic mass is 35.5. The van der Waals surface area contributed by atoms with E-state index in [2.05, 4.69) is 4.98 Å². The number of benzene rings is 3. The lowest BCUT2D eigenvalue weighted by Crippen LogP contribution is -2.38. The highest BCUT2D eigenvalue weighted by Crippen LogP contribution is 2.39. The van der Waals surface area contributed by atoms with E-state index < -0.39 is 38.5 Å². The average molecular weight is 594 g/mol. The Kier molecular flexibility index (Phi) is 7.92. The fourth-order valence-corrected chi connectivity index (χ4v) is 5.53. The van der Waals surface area contributed by atoms with E-state index in [0.29, 0.717) is 23.4 Å². The Morgan fingerprint density at radius 3 is 2.23 bits per heavy atom. The van der Waals surface area contributed by atoms with Crippen LogP contribution in [0.25, 0.3) is 16.7 Å². The van der Waals surface area contributed by atoms with Crippen molar-refractivity contribution in [1.29, 1.82) is 0 Å². The summed E-state index contributed by atoms with van der Waals surface area (Å²) < 4.78 is 74.1. The van der Waals surface area contributed by atoms with Crippen LogP contribution in [0, 0.1) is 6.92 Å². The number of alkyl halides is 3. The predicted molar refractivity (Wildman–Crippen MR) is 146 cm³/mol. The number of amides is 1. The van der Waals surface area contributed by atoms with Gasteiger partial charge in [-0.25, -0.2) is 22.9 Å². The van der Waals surface area contributed by atoms with Crippen molar-refractivity contribution in [3.8, 4) is 5.69 Å². The number of hydrogen-bond acceptors (Lipinski definition) is 5. The van der Waals surface area contributed by atoms with Gasteiger partial charge in [0.05, 0.1) is 21.0 Å². The maximum Gasteiger partial charge on any atom is 0.421 e. The van der Waals surface area contributed by atoms with E-state index in [0.717, 1.165) is 17.2 Å². The zero-order valence-electron chi connectivity index (χ0n) is 22.1. The van der Waals surface area contributed by atoms with E-state index in [4.69, 9.17) is 16.3 Å². The van der Waals surface area contributed by atoms with Crippen LogP contribution in [0.4, 0.5) is 18.0 Å². The third-order valence-corrected chi connectivity index (χ3v) is 7.91. The molecule has 212 valence electrons. The first-order valence-corrected chi connectivity index (χ1v) is 14.2. The Balaban J connectivity index is 1.52. The lowest BCUT2D eigenvalue weighted by atomic mass is 9.98. The largest absolute Gasteiger partial charge is 0.442 e. The summed E-state index contributed by atoms with van der Waals surface area (Å²) in [7, 11) is -4.10. The Hall–Kier alpha value is -3.57. The Labute approximate surface area is 235 Å². The fraction of sp³-hybridized carbons (Fsp3) is 0.286. The van der Waals surface area contributed by atoms with Gasteiger partial charge in [0.25, 0.3) is 10.0 Å². The highest BCUT2D eigenvalue weighted by molar-refractivity contribution is 7.90. The van der Waals surface area contributed by atoms with E-state index in [1.807, 2.05) is 18.6 Å². The van der Waals surface area contributed by atoms with Gasteiger partial charge < -0.3 is 4.74 Å². The predicted octanol–water partition coefficient (Wildman–Crippen LogP) is 7.00. The van der Waals surface area contributed by atoms with E-state index in [9.17, 15) is 26.4 Å². The van der Waals surface area contributed by atoms with Gasteiger partial charge in [0.2, 0.25) is 0 Å². The minimum absolute atomic E-state index is 0.0576. The minimum Gasteiger partial charge on any atom is -0.442 e. The molecule has 4 aromatic rings. The smallest absolute Gasteiger partial charge is 0.421 e. The van der Waals surface area contributed by atoms with Crippen LogP contribution in [-0.4, -0.2) is 29.7 Å². The quantitative estimate of drug-likeness (QED) is 0.249. The number of halogens is 4. The molecule has 7 nitrogen and oxygen atoms in total. The summed E-state index contributed by atoms with van der Waals surface area (Å²) in [6.07, 6.45) is -4.98. The van der Waals surface area contributed by atoms with Crippen molar-refractivity contribution in [3.05, 3.63) is 88.2 Å². The first-order valence-electron chi connectivity index (χ1n) is 12.3. The van der Waals surface area contributed by atoms with Gasteiger partial charge >= 0.3 is 12.3 Å². The molecule has 0 aliphatic rings. The maximum atomic E-state index is 13.3. The molecule has 0 radical (unpaired) electrons. The molecule has 40 heavy (non-hydrogen) atoms. The SMILES string of the molecule is CCc1nc2c(Cl)c(C(F)(F)F)ccc2n1-c1ccc(CC(C)(C)OC(=O)NS(=O)(=O)c2ccc(C)cc2)cc1. The van der Waals surface area contributed by atoms with Crippen molar-refractivity contribution < 1.29 is 31.1 Å². The second-order valence-corrected chi connectivity index (χ2v) is 12.0. The normalized spacial score (nSPS) is 12.5. The van der Waals surface area contributed by atoms with Crippen LogP contribution in [0.1, 0.15) is 43.3 Å². The zero-order chi connectivity index (χ0) is 29.5. The molecule has 3 aromatic carbocycles. The minimum atomic E-state index is -4.60. The number of rotatable bonds is 7. The summed E-state index contributed by atoms with van der Waals surface area (Å²) in [5.74, 6) is 0.541. The summed E-state index contributed by atoms with van der Waals surface area (Å²) in [6, 6.07) is 15.5. The summed E-state index contributed by atoms with van der Waals surface area (Å²) >= 11 is 6.10. The molecule has 1 amide bonds. The summed E-state index contributed by atoms with van der Waals surface area (Å²) in [6.45, 7) is 6.96. The van der Waals surface area contributed by atoms with Crippen molar-refractivity contribution >= 4 is 38.8 Å². The molecule has 4 rings (SSSR count). The molecular weight excluding hydrogens is 567 g/mol. The topological polar surface area (TPSA) is 90.3 Å². The number of sulfonamides is 1. The number of aryl methyl sites for hydroxylation is 2. The first kappa shape index (κ1) is 29.4. The van der Waals surface area contributed by atoms with Crippen molar-refractivity contribution in [3.63, 3.8) is 0 Å². The lowest BCUT2D eigenvalue weighted by Gasteiger charge is -2.25. The van der Waals surface area contributed by atoms with Crippen molar-refractivity contribution in [1.82, 2.24) is 14.3 Å². The van der Waals surface area contributed by atoms with Crippen LogP contribution in [0.5, 0.6) is 0 Å². The third kappa shape index (κ3) is 6.26. The average Bonchev–Trinajstić information content (AvgIpc) is 3.23. The van der Waals surface area contributed by atoms with Gasteiger partial charge in [-0.1, -0.05) is 48.4 Å². The second kappa shape index (κ2) is 10.8. The van der Waals surface area contributed by atoms with Crippen LogP contribution in [0.15, 0.2) is 65.6 Å². The summed E-state index contributed by atoms with van der Waals surface area (Å²) in [5.41, 5.74) is 0.827. The van der Waals surface area contributed by atoms with Gasteiger partial charge in [-0.3, -0.25) is 4.57 Å². The van der Waals surface area contributed by atoms with Gasteiger partial charge in [-0.15, -0.1) is 0 Å². The number of fused-ring (bicyclic) bond motifs is 1. The molecule has 0 unspecified atom stereocenters. The zero-order valence-corrected chi connectivity index (χ0v) is 23.7. The molecule has 0 aliphatic heterocycles.